The molecule has 1 N–H and O–H groups in total. The third-order valence-electron chi connectivity index (χ3n) is 3.31. The zero-order valence-corrected chi connectivity index (χ0v) is 13.4. The molecule has 0 amide bonds. The molecular weight excluding hydrogens is 286 g/mol. The van der Waals surface area contributed by atoms with E-state index >= 15 is 0 Å². The van der Waals surface area contributed by atoms with Gasteiger partial charge in [0.15, 0.2) is 0 Å². The van der Waals surface area contributed by atoms with Crippen LogP contribution in [0.1, 0.15) is 39.0 Å². The van der Waals surface area contributed by atoms with Crippen molar-refractivity contribution in [1.29, 1.82) is 0 Å². The summed E-state index contributed by atoms with van der Waals surface area (Å²) in [7, 11) is 0. The van der Waals surface area contributed by atoms with Crippen LogP contribution in [-0.2, 0) is 6.42 Å². The Bertz CT molecular complexity index is 539. The molecular formula is C16H22ClN3O. The zero-order chi connectivity index (χ0) is 15.1. The fraction of sp³-hybridized carbons (Fsp3) is 0.500. The van der Waals surface area contributed by atoms with Gasteiger partial charge in [-0.25, -0.2) is 0 Å². The predicted molar refractivity (Wildman–Crippen MR) is 85.4 cm³/mol. The molecule has 0 aliphatic rings. The van der Waals surface area contributed by atoms with Crippen molar-refractivity contribution >= 4 is 11.6 Å². The molecule has 1 aromatic heterocycles. The van der Waals surface area contributed by atoms with Crippen molar-refractivity contribution in [2.45, 2.75) is 45.6 Å². The van der Waals surface area contributed by atoms with Crippen LogP contribution in [-0.4, -0.2) is 22.7 Å². The maximum absolute atomic E-state index is 5.88. The van der Waals surface area contributed by atoms with E-state index in [1.807, 2.05) is 24.3 Å². The monoisotopic (exact) mass is 307 g/mol. The first kappa shape index (κ1) is 16.0. The minimum absolute atomic E-state index is 0.397. The molecule has 0 aliphatic heterocycles. The van der Waals surface area contributed by atoms with Gasteiger partial charge in [0.25, 0.3) is 0 Å². The van der Waals surface area contributed by atoms with Crippen molar-refractivity contribution in [1.82, 2.24) is 15.5 Å². The first-order chi connectivity index (χ1) is 10.2. The van der Waals surface area contributed by atoms with Crippen LogP contribution in [0.3, 0.4) is 0 Å². The van der Waals surface area contributed by atoms with E-state index in [1.54, 1.807) is 0 Å². The molecule has 4 nitrogen and oxygen atoms in total. The molecule has 2 aromatic rings. The number of nitrogens with zero attached hydrogens (tertiary/aromatic N) is 2. The average molecular weight is 308 g/mol. The molecule has 5 heteroatoms. The molecule has 0 aliphatic carbocycles. The van der Waals surface area contributed by atoms with E-state index in [1.165, 1.54) is 0 Å². The van der Waals surface area contributed by atoms with Gasteiger partial charge in [-0.2, -0.15) is 4.98 Å². The van der Waals surface area contributed by atoms with Crippen molar-refractivity contribution in [2.75, 3.05) is 6.54 Å². The summed E-state index contributed by atoms with van der Waals surface area (Å²) in [5.41, 5.74) is 0.919. The van der Waals surface area contributed by atoms with Gasteiger partial charge in [-0.1, -0.05) is 37.0 Å². The first-order valence-electron chi connectivity index (χ1n) is 7.54. The fourth-order valence-corrected chi connectivity index (χ4v) is 2.36. The molecule has 0 bridgehead atoms. The van der Waals surface area contributed by atoms with Crippen molar-refractivity contribution in [3.05, 3.63) is 35.2 Å². The Balaban J connectivity index is 2.02. The van der Waals surface area contributed by atoms with Crippen molar-refractivity contribution in [3.8, 4) is 11.4 Å². The van der Waals surface area contributed by atoms with E-state index in [2.05, 4.69) is 29.3 Å². The molecule has 2 rings (SSSR count). The Labute approximate surface area is 130 Å². The van der Waals surface area contributed by atoms with Gasteiger partial charge in [-0.05, 0) is 43.7 Å². The molecule has 0 spiro atoms. The van der Waals surface area contributed by atoms with Crippen LogP contribution in [0.5, 0.6) is 0 Å². The largest absolute Gasteiger partial charge is 0.339 e. The van der Waals surface area contributed by atoms with Crippen molar-refractivity contribution in [3.63, 3.8) is 0 Å². The number of hydrogen-bond acceptors (Lipinski definition) is 4. The number of nitrogens with one attached hydrogen (secondary N) is 1. The smallest absolute Gasteiger partial charge is 0.228 e. The fourth-order valence-electron chi connectivity index (χ4n) is 2.24. The van der Waals surface area contributed by atoms with Crippen LogP contribution in [0.2, 0.25) is 5.02 Å². The summed E-state index contributed by atoms with van der Waals surface area (Å²) < 4.78 is 5.37. The van der Waals surface area contributed by atoms with Gasteiger partial charge in [0.2, 0.25) is 11.7 Å². The lowest BCUT2D eigenvalue weighted by Gasteiger charge is -2.15. The molecule has 0 fully saturated rings. The minimum Gasteiger partial charge on any atom is -0.339 e. The van der Waals surface area contributed by atoms with E-state index in [4.69, 9.17) is 16.1 Å². The molecule has 1 heterocycles. The maximum Gasteiger partial charge on any atom is 0.228 e. The molecule has 0 saturated heterocycles. The second-order valence-corrected chi connectivity index (χ2v) is 5.60. The Hall–Kier alpha value is -1.39. The summed E-state index contributed by atoms with van der Waals surface area (Å²) in [5, 5.41) is 8.29. The van der Waals surface area contributed by atoms with Gasteiger partial charge in [-0.3, -0.25) is 0 Å². The molecule has 0 saturated carbocycles. The third kappa shape index (κ3) is 4.83. The SMILES string of the molecule is CCCNC(CCC)Cc1nc(-c2ccc(Cl)cc2)no1. The van der Waals surface area contributed by atoms with Gasteiger partial charge in [0.1, 0.15) is 0 Å². The summed E-state index contributed by atoms with van der Waals surface area (Å²) >= 11 is 5.88. The van der Waals surface area contributed by atoms with E-state index < -0.39 is 0 Å². The number of hydrogen-bond donors (Lipinski definition) is 1. The Morgan fingerprint density at radius 1 is 1.19 bits per heavy atom. The van der Waals surface area contributed by atoms with Crippen LogP contribution in [0.25, 0.3) is 11.4 Å². The van der Waals surface area contributed by atoms with E-state index in [-0.39, 0.29) is 0 Å². The van der Waals surface area contributed by atoms with E-state index in [0.717, 1.165) is 37.8 Å². The molecule has 21 heavy (non-hydrogen) atoms. The Morgan fingerprint density at radius 2 is 1.95 bits per heavy atom. The number of aromatic nitrogens is 2. The summed E-state index contributed by atoms with van der Waals surface area (Å²) in [6.07, 6.45) is 4.15. The summed E-state index contributed by atoms with van der Waals surface area (Å²) in [4.78, 5) is 4.48. The first-order valence-corrected chi connectivity index (χ1v) is 7.92. The third-order valence-corrected chi connectivity index (χ3v) is 3.56. The number of halogens is 1. The topological polar surface area (TPSA) is 51.0 Å². The van der Waals surface area contributed by atoms with Gasteiger partial charge in [-0.15, -0.1) is 0 Å². The molecule has 1 atom stereocenters. The molecule has 0 radical (unpaired) electrons. The second kappa shape index (κ2) is 8.15. The molecule has 114 valence electrons. The van der Waals surface area contributed by atoms with Crippen molar-refractivity contribution < 1.29 is 4.52 Å². The number of rotatable bonds is 8. The Morgan fingerprint density at radius 3 is 2.62 bits per heavy atom. The van der Waals surface area contributed by atoms with Gasteiger partial charge >= 0.3 is 0 Å². The van der Waals surface area contributed by atoms with Crippen LogP contribution >= 0.6 is 11.6 Å². The van der Waals surface area contributed by atoms with Crippen LogP contribution in [0.4, 0.5) is 0 Å². The number of benzene rings is 1. The second-order valence-electron chi connectivity index (χ2n) is 5.16. The highest BCUT2D eigenvalue weighted by Gasteiger charge is 2.14. The van der Waals surface area contributed by atoms with Gasteiger partial charge in [0, 0.05) is 23.0 Å². The Kier molecular flexibility index (Phi) is 6.21. The highest BCUT2D eigenvalue weighted by atomic mass is 35.5. The quantitative estimate of drug-likeness (QED) is 0.797. The van der Waals surface area contributed by atoms with Gasteiger partial charge < -0.3 is 9.84 Å². The van der Waals surface area contributed by atoms with Crippen LogP contribution in [0.15, 0.2) is 28.8 Å². The zero-order valence-electron chi connectivity index (χ0n) is 12.6. The summed E-state index contributed by atoms with van der Waals surface area (Å²) in [5.74, 6) is 1.30. The summed E-state index contributed by atoms with van der Waals surface area (Å²) in [6, 6.07) is 7.85. The van der Waals surface area contributed by atoms with E-state index in [9.17, 15) is 0 Å². The normalized spacial score (nSPS) is 12.5. The minimum atomic E-state index is 0.397. The van der Waals surface area contributed by atoms with Crippen LogP contribution < -0.4 is 5.32 Å². The highest BCUT2D eigenvalue weighted by Crippen LogP contribution is 2.19. The molecule has 1 unspecified atom stereocenters. The molecule has 1 aromatic carbocycles. The maximum atomic E-state index is 5.88. The average Bonchev–Trinajstić information content (AvgIpc) is 2.94. The van der Waals surface area contributed by atoms with Crippen molar-refractivity contribution in [2.24, 2.45) is 0 Å². The summed E-state index contributed by atoms with van der Waals surface area (Å²) in [6.45, 7) is 5.37. The van der Waals surface area contributed by atoms with Gasteiger partial charge in [0.05, 0.1) is 0 Å². The van der Waals surface area contributed by atoms with Crippen LogP contribution in [0, 0.1) is 0 Å². The lowest BCUT2D eigenvalue weighted by molar-refractivity contribution is 0.350. The lowest BCUT2D eigenvalue weighted by atomic mass is 10.1. The standard InChI is InChI=1S/C16H22ClN3O/c1-3-5-14(18-10-4-2)11-15-19-16(20-21-15)12-6-8-13(17)9-7-12/h6-9,14,18H,3-5,10-11H2,1-2H3. The van der Waals surface area contributed by atoms with E-state index in [0.29, 0.717) is 22.8 Å². The highest BCUT2D eigenvalue weighted by molar-refractivity contribution is 6.30. The predicted octanol–water partition coefficient (Wildman–Crippen LogP) is 4.10. The lowest BCUT2D eigenvalue weighted by Crippen LogP contribution is -2.31.